The SMILES string of the molecule is O=P(O)(O)OC1=CCCCC1. The van der Waals surface area contributed by atoms with E-state index in [-0.39, 0.29) is 0 Å². The Morgan fingerprint density at radius 1 is 1.45 bits per heavy atom. The number of hydrogen-bond donors (Lipinski definition) is 2. The summed E-state index contributed by atoms with van der Waals surface area (Å²) in [5.41, 5.74) is 0. The highest BCUT2D eigenvalue weighted by Gasteiger charge is 2.18. The molecule has 0 saturated carbocycles. The van der Waals surface area contributed by atoms with E-state index in [1.165, 1.54) is 0 Å². The Labute approximate surface area is 65.1 Å². The molecular formula is C6H11O4P. The lowest BCUT2D eigenvalue weighted by Gasteiger charge is -2.13. The Balaban J connectivity index is 2.48. The standard InChI is InChI=1S/C6H11O4P/c7-11(8,9)10-6-4-2-1-3-5-6/h4H,1-3,5H2,(H2,7,8,9). The third kappa shape index (κ3) is 3.56. The number of phosphoric acid groups is 1. The van der Waals surface area contributed by atoms with E-state index in [1.54, 1.807) is 6.08 Å². The fraction of sp³-hybridized carbons (Fsp3) is 0.667. The van der Waals surface area contributed by atoms with Crippen molar-refractivity contribution in [1.29, 1.82) is 0 Å². The highest BCUT2D eigenvalue weighted by atomic mass is 31.2. The summed E-state index contributed by atoms with van der Waals surface area (Å²) in [6.45, 7) is 0. The fourth-order valence-corrected chi connectivity index (χ4v) is 1.52. The zero-order chi connectivity index (χ0) is 8.32. The van der Waals surface area contributed by atoms with Gasteiger partial charge >= 0.3 is 7.82 Å². The number of rotatable bonds is 2. The van der Waals surface area contributed by atoms with E-state index in [0.29, 0.717) is 12.2 Å². The molecule has 0 saturated heterocycles. The van der Waals surface area contributed by atoms with E-state index >= 15 is 0 Å². The second kappa shape index (κ2) is 3.39. The first-order valence-corrected chi connectivity index (χ1v) is 5.05. The van der Waals surface area contributed by atoms with Crippen molar-refractivity contribution in [3.8, 4) is 0 Å². The van der Waals surface area contributed by atoms with Crippen LogP contribution in [-0.4, -0.2) is 9.79 Å². The molecule has 0 atom stereocenters. The Morgan fingerprint density at radius 2 is 2.18 bits per heavy atom. The van der Waals surface area contributed by atoms with Gasteiger partial charge in [0.05, 0.1) is 0 Å². The molecule has 1 aliphatic rings. The van der Waals surface area contributed by atoms with Crippen LogP contribution in [0.25, 0.3) is 0 Å². The fourth-order valence-electron chi connectivity index (χ4n) is 1.04. The molecule has 0 amide bonds. The van der Waals surface area contributed by atoms with Gasteiger partial charge in [-0.1, -0.05) is 0 Å². The van der Waals surface area contributed by atoms with E-state index in [1.807, 2.05) is 0 Å². The lowest BCUT2D eigenvalue weighted by molar-refractivity contribution is 0.232. The Kier molecular flexibility index (Phi) is 2.71. The summed E-state index contributed by atoms with van der Waals surface area (Å²) in [4.78, 5) is 16.8. The van der Waals surface area contributed by atoms with Gasteiger partial charge in [0, 0.05) is 6.42 Å². The van der Waals surface area contributed by atoms with Crippen LogP contribution in [0.1, 0.15) is 25.7 Å². The zero-order valence-corrected chi connectivity index (χ0v) is 6.96. The van der Waals surface area contributed by atoms with E-state index in [0.717, 1.165) is 19.3 Å². The molecular weight excluding hydrogens is 167 g/mol. The Morgan fingerprint density at radius 3 is 2.64 bits per heavy atom. The topological polar surface area (TPSA) is 66.8 Å². The van der Waals surface area contributed by atoms with Crippen molar-refractivity contribution in [2.45, 2.75) is 25.7 Å². The number of allylic oxidation sites excluding steroid dienone is 2. The van der Waals surface area contributed by atoms with Crippen LogP contribution in [-0.2, 0) is 9.09 Å². The molecule has 1 aliphatic carbocycles. The summed E-state index contributed by atoms with van der Waals surface area (Å²) < 4.78 is 14.7. The van der Waals surface area contributed by atoms with Crippen LogP contribution >= 0.6 is 7.82 Å². The maximum atomic E-state index is 10.3. The van der Waals surface area contributed by atoms with Gasteiger partial charge in [-0.2, -0.15) is 0 Å². The van der Waals surface area contributed by atoms with Gasteiger partial charge < -0.3 is 4.52 Å². The highest BCUT2D eigenvalue weighted by Crippen LogP contribution is 2.40. The van der Waals surface area contributed by atoms with Gasteiger partial charge in [-0.05, 0) is 25.3 Å². The minimum Gasteiger partial charge on any atom is -0.409 e. The molecule has 0 aromatic carbocycles. The third-order valence-electron chi connectivity index (χ3n) is 1.49. The predicted molar refractivity (Wildman–Crippen MR) is 39.7 cm³/mol. The molecule has 0 spiro atoms. The Bertz CT molecular complexity index is 205. The maximum absolute atomic E-state index is 10.3. The lowest BCUT2D eigenvalue weighted by atomic mass is 10.1. The monoisotopic (exact) mass is 178 g/mol. The van der Waals surface area contributed by atoms with Crippen LogP contribution in [0.4, 0.5) is 0 Å². The van der Waals surface area contributed by atoms with Crippen LogP contribution in [0, 0.1) is 0 Å². The average Bonchev–Trinajstić information content (AvgIpc) is 1.85. The quantitative estimate of drug-likeness (QED) is 0.629. The first kappa shape index (κ1) is 8.78. The molecule has 0 unspecified atom stereocenters. The van der Waals surface area contributed by atoms with Crippen molar-refractivity contribution in [3.05, 3.63) is 11.8 Å². The van der Waals surface area contributed by atoms with Gasteiger partial charge in [0.1, 0.15) is 5.76 Å². The summed E-state index contributed by atoms with van der Waals surface area (Å²) in [5.74, 6) is 0.435. The molecule has 2 N–H and O–H groups in total. The van der Waals surface area contributed by atoms with Gasteiger partial charge in [0.25, 0.3) is 0 Å². The summed E-state index contributed by atoms with van der Waals surface area (Å²) >= 11 is 0. The minimum atomic E-state index is -4.30. The highest BCUT2D eigenvalue weighted by molar-refractivity contribution is 7.46. The third-order valence-corrected chi connectivity index (χ3v) is 1.96. The van der Waals surface area contributed by atoms with Gasteiger partial charge in [0.15, 0.2) is 0 Å². The van der Waals surface area contributed by atoms with Crippen LogP contribution in [0.15, 0.2) is 11.8 Å². The van der Waals surface area contributed by atoms with Crippen LogP contribution in [0.3, 0.4) is 0 Å². The molecule has 5 heteroatoms. The smallest absolute Gasteiger partial charge is 0.409 e. The van der Waals surface area contributed by atoms with Crippen molar-refractivity contribution in [3.63, 3.8) is 0 Å². The van der Waals surface area contributed by atoms with Gasteiger partial charge in [0.2, 0.25) is 0 Å². The van der Waals surface area contributed by atoms with Gasteiger partial charge in [-0.15, -0.1) is 0 Å². The molecule has 11 heavy (non-hydrogen) atoms. The van der Waals surface area contributed by atoms with E-state index in [2.05, 4.69) is 4.52 Å². The van der Waals surface area contributed by atoms with Crippen LogP contribution < -0.4 is 0 Å². The summed E-state index contributed by atoms with van der Waals surface area (Å²) in [6, 6.07) is 0. The zero-order valence-electron chi connectivity index (χ0n) is 6.06. The lowest BCUT2D eigenvalue weighted by Crippen LogP contribution is -1.95. The molecule has 0 aromatic heterocycles. The number of phosphoric ester groups is 1. The van der Waals surface area contributed by atoms with Crippen LogP contribution in [0.5, 0.6) is 0 Å². The summed E-state index contributed by atoms with van der Waals surface area (Å²) in [6.07, 6.45) is 5.27. The molecule has 0 fully saturated rings. The first-order valence-electron chi connectivity index (χ1n) is 3.52. The molecule has 1 rings (SSSR count). The van der Waals surface area contributed by atoms with Crippen molar-refractivity contribution < 1.29 is 18.9 Å². The number of hydrogen-bond acceptors (Lipinski definition) is 2. The minimum absolute atomic E-state index is 0.435. The molecule has 4 nitrogen and oxygen atoms in total. The van der Waals surface area contributed by atoms with E-state index < -0.39 is 7.82 Å². The van der Waals surface area contributed by atoms with E-state index in [4.69, 9.17) is 9.79 Å². The maximum Gasteiger partial charge on any atom is 0.524 e. The van der Waals surface area contributed by atoms with Crippen molar-refractivity contribution in [2.75, 3.05) is 0 Å². The first-order chi connectivity index (χ1) is 5.08. The Hall–Kier alpha value is -0.310. The molecule has 0 bridgehead atoms. The second-order valence-corrected chi connectivity index (χ2v) is 3.66. The molecule has 0 aromatic rings. The molecule has 64 valence electrons. The van der Waals surface area contributed by atoms with Crippen molar-refractivity contribution >= 4 is 7.82 Å². The predicted octanol–water partition coefficient (Wildman–Crippen LogP) is 1.55. The van der Waals surface area contributed by atoms with Crippen molar-refractivity contribution in [1.82, 2.24) is 0 Å². The average molecular weight is 178 g/mol. The summed E-state index contributed by atoms with van der Waals surface area (Å²) in [7, 11) is -4.30. The van der Waals surface area contributed by atoms with Gasteiger partial charge in [-0.25, -0.2) is 4.57 Å². The molecule has 0 radical (unpaired) electrons. The molecule has 0 heterocycles. The summed E-state index contributed by atoms with van der Waals surface area (Å²) in [5, 5.41) is 0. The van der Waals surface area contributed by atoms with Crippen LogP contribution in [0.2, 0.25) is 0 Å². The van der Waals surface area contributed by atoms with Crippen molar-refractivity contribution in [2.24, 2.45) is 0 Å². The largest absolute Gasteiger partial charge is 0.524 e. The molecule has 0 aliphatic heterocycles. The van der Waals surface area contributed by atoms with Gasteiger partial charge in [-0.3, -0.25) is 9.79 Å². The normalized spacial score (nSPS) is 19.3. The van der Waals surface area contributed by atoms with E-state index in [9.17, 15) is 4.57 Å². The second-order valence-electron chi connectivity index (χ2n) is 2.50.